The van der Waals surface area contributed by atoms with Crippen LogP contribution in [0.15, 0.2) is 60.7 Å². The molecule has 1 amide bonds. The van der Waals surface area contributed by atoms with Gasteiger partial charge >= 0.3 is 0 Å². The maximum Gasteiger partial charge on any atom is 0.237 e. The van der Waals surface area contributed by atoms with E-state index in [1.54, 1.807) is 0 Å². The minimum absolute atomic E-state index is 0.0124. The number of rotatable bonds is 7. The summed E-state index contributed by atoms with van der Waals surface area (Å²) in [6.07, 6.45) is 0.583. The van der Waals surface area contributed by atoms with Crippen molar-refractivity contribution < 1.29 is 13.6 Å². The number of fused-ring (bicyclic) bond motifs is 1. The fourth-order valence-corrected chi connectivity index (χ4v) is 4.48. The molecule has 0 aromatic heterocycles. The summed E-state index contributed by atoms with van der Waals surface area (Å²) in [6.45, 7) is 5.22. The largest absolute Gasteiger partial charge is 0.353 e. The van der Waals surface area contributed by atoms with Crippen LogP contribution in [-0.2, 0) is 17.9 Å². The summed E-state index contributed by atoms with van der Waals surface area (Å²) in [5, 5.41) is 8.62. The molecule has 0 radical (unpaired) electrons. The lowest BCUT2D eigenvalue weighted by Crippen LogP contribution is -2.45. The van der Waals surface area contributed by atoms with Gasteiger partial charge < -0.3 is 10.6 Å². The van der Waals surface area contributed by atoms with Gasteiger partial charge in [0, 0.05) is 37.3 Å². The number of nitrogens with zero attached hydrogens (tertiary/aromatic N) is 1. The number of likely N-dealkylation sites (tertiary alicyclic amines) is 1. The molecular weight excluding hydrogens is 408 g/mol. The first-order chi connectivity index (χ1) is 15.4. The molecule has 32 heavy (non-hydrogen) atoms. The number of benzene rings is 3. The predicted molar refractivity (Wildman–Crippen MR) is 123 cm³/mol. The molecule has 6 heteroatoms. The smallest absolute Gasteiger partial charge is 0.237 e. The SMILES string of the molecule is CC(C)NC(=O)[C@@H]1C[C@H](NCc2c(F)cccc2F)CN1Cc1cccc2ccccc12. The highest BCUT2D eigenvalue weighted by Gasteiger charge is 2.37. The van der Waals surface area contributed by atoms with Crippen LogP contribution in [0.5, 0.6) is 0 Å². The first-order valence-corrected chi connectivity index (χ1v) is 11.1. The van der Waals surface area contributed by atoms with E-state index < -0.39 is 11.6 Å². The second-order valence-corrected chi connectivity index (χ2v) is 8.76. The number of carbonyl (C=O) groups is 1. The quantitative estimate of drug-likeness (QED) is 0.577. The molecule has 4 rings (SSSR count). The number of amides is 1. The van der Waals surface area contributed by atoms with Gasteiger partial charge in [-0.3, -0.25) is 9.69 Å². The summed E-state index contributed by atoms with van der Waals surface area (Å²) in [5.74, 6) is -1.13. The van der Waals surface area contributed by atoms with Crippen LogP contribution in [0.3, 0.4) is 0 Å². The second-order valence-electron chi connectivity index (χ2n) is 8.76. The Kier molecular flexibility index (Phi) is 6.82. The van der Waals surface area contributed by atoms with Crippen LogP contribution in [0.25, 0.3) is 10.8 Å². The number of hydrogen-bond acceptors (Lipinski definition) is 3. The molecule has 1 heterocycles. The van der Waals surface area contributed by atoms with Crippen molar-refractivity contribution in [2.75, 3.05) is 6.54 Å². The van der Waals surface area contributed by atoms with Gasteiger partial charge in [-0.25, -0.2) is 8.78 Å². The number of carbonyl (C=O) groups excluding carboxylic acids is 1. The van der Waals surface area contributed by atoms with Crippen molar-refractivity contribution in [3.63, 3.8) is 0 Å². The van der Waals surface area contributed by atoms with Gasteiger partial charge in [-0.15, -0.1) is 0 Å². The molecular formula is C26H29F2N3O. The molecule has 0 spiro atoms. The Morgan fingerprint density at radius 1 is 1.03 bits per heavy atom. The highest BCUT2D eigenvalue weighted by atomic mass is 19.1. The Balaban J connectivity index is 1.53. The van der Waals surface area contributed by atoms with Gasteiger partial charge in [-0.1, -0.05) is 48.5 Å². The molecule has 168 valence electrons. The average molecular weight is 438 g/mol. The minimum Gasteiger partial charge on any atom is -0.353 e. The van der Waals surface area contributed by atoms with E-state index in [1.165, 1.54) is 23.6 Å². The standard InChI is InChI=1S/C26H29F2N3O/c1-17(2)30-26(32)25-13-20(29-14-22-23(27)11-6-12-24(22)28)16-31(25)15-19-9-5-8-18-7-3-4-10-21(18)19/h3-12,17,20,25,29H,13-16H2,1-2H3,(H,30,32)/t20-,25-/m0/s1. The van der Waals surface area contributed by atoms with Gasteiger partial charge in [0.1, 0.15) is 11.6 Å². The van der Waals surface area contributed by atoms with Gasteiger partial charge in [0.05, 0.1) is 6.04 Å². The number of halogens is 2. The molecule has 4 nitrogen and oxygen atoms in total. The third kappa shape index (κ3) is 4.97. The van der Waals surface area contributed by atoms with Crippen molar-refractivity contribution in [1.82, 2.24) is 15.5 Å². The first kappa shape index (κ1) is 22.4. The summed E-state index contributed by atoms with van der Waals surface area (Å²) >= 11 is 0. The van der Waals surface area contributed by atoms with Gasteiger partial charge in [-0.2, -0.15) is 0 Å². The van der Waals surface area contributed by atoms with Crippen LogP contribution in [0.1, 0.15) is 31.4 Å². The average Bonchev–Trinajstić information content (AvgIpc) is 3.16. The highest BCUT2D eigenvalue weighted by Crippen LogP contribution is 2.26. The van der Waals surface area contributed by atoms with E-state index in [-0.39, 0.29) is 36.1 Å². The summed E-state index contributed by atoms with van der Waals surface area (Å²) < 4.78 is 28.1. The minimum atomic E-state index is -0.558. The third-order valence-corrected chi connectivity index (χ3v) is 6.02. The molecule has 1 saturated heterocycles. The highest BCUT2D eigenvalue weighted by molar-refractivity contribution is 5.86. The van der Waals surface area contributed by atoms with Crippen LogP contribution < -0.4 is 10.6 Å². The number of nitrogens with one attached hydrogen (secondary N) is 2. The maximum atomic E-state index is 14.0. The Morgan fingerprint density at radius 3 is 2.47 bits per heavy atom. The van der Waals surface area contributed by atoms with Crippen LogP contribution in [0.4, 0.5) is 8.78 Å². The zero-order valence-corrected chi connectivity index (χ0v) is 18.4. The van der Waals surface area contributed by atoms with Crippen molar-refractivity contribution in [1.29, 1.82) is 0 Å². The Labute approximate surface area is 187 Å². The fourth-order valence-electron chi connectivity index (χ4n) is 4.48. The monoisotopic (exact) mass is 437 g/mol. The molecule has 0 saturated carbocycles. The summed E-state index contributed by atoms with van der Waals surface area (Å²) in [4.78, 5) is 15.1. The number of hydrogen-bond donors (Lipinski definition) is 2. The Morgan fingerprint density at radius 2 is 1.72 bits per heavy atom. The van der Waals surface area contributed by atoms with Crippen molar-refractivity contribution in [3.8, 4) is 0 Å². The lowest BCUT2D eigenvalue weighted by molar-refractivity contribution is -0.126. The zero-order chi connectivity index (χ0) is 22.7. The van der Waals surface area contributed by atoms with E-state index in [0.29, 0.717) is 19.5 Å². The van der Waals surface area contributed by atoms with Gasteiger partial charge in [0.15, 0.2) is 0 Å². The molecule has 1 fully saturated rings. The molecule has 1 aliphatic rings. The van der Waals surface area contributed by atoms with Crippen LogP contribution in [0.2, 0.25) is 0 Å². The van der Waals surface area contributed by atoms with Crippen molar-refractivity contribution in [3.05, 3.63) is 83.4 Å². The van der Waals surface area contributed by atoms with Crippen LogP contribution >= 0.6 is 0 Å². The van der Waals surface area contributed by atoms with E-state index in [2.05, 4.69) is 39.8 Å². The van der Waals surface area contributed by atoms with E-state index in [9.17, 15) is 13.6 Å². The van der Waals surface area contributed by atoms with Gasteiger partial charge in [0.25, 0.3) is 0 Å². The van der Waals surface area contributed by atoms with Crippen molar-refractivity contribution in [2.45, 2.75) is 51.5 Å². The molecule has 1 aliphatic heterocycles. The molecule has 3 aromatic rings. The van der Waals surface area contributed by atoms with E-state index in [0.717, 1.165) is 10.9 Å². The van der Waals surface area contributed by atoms with Gasteiger partial charge in [0.2, 0.25) is 5.91 Å². The molecule has 2 N–H and O–H groups in total. The fraction of sp³-hybridized carbons (Fsp3) is 0.346. The Bertz CT molecular complexity index is 1080. The summed E-state index contributed by atoms with van der Waals surface area (Å²) in [5.41, 5.74) is 1.19. The van der Waals surface area contributed by atoms with Crippen molar-refractivity contribution in [2.24, 2.45) is 0 Å². The zero-order valence-electron chi connectivity index (χ0n) is 18.4. The third-order valence-electron chi connectivity index (χ3n) is 6.02. The molecule has 2 atom stereocenters. The molecule has 0 aliphatic carbocycles. The van der Waals surface area contributed by atoms with E-state index in [4.69, 9.17) is 0 Å². The molecule has 0 unspecified atom stereocenters. The lowest BCUT2D eigenvalue weighted by atomic mass is 10.0. The van der Waals surface area contributed by atoms with Gasteiger partial charge in [-0.05, 0) is 48.7 Å². The Hall–Kier alpha value is -2.83. The molecule has 0 bridgehead atoms. The van der Waals surface area contributed by atoms with E-state index >= 15 is 0 Å². The summed E-state index contributed by atoms with van der Waals surface area (Å²) in [7, 11) is 0. The van der Waals surface area contributed by atoms with Crippen molar-refractivity contribution >= 4 is 16.7 Å². The van der Waals surface area contributed by atoms with E-state index in [1.807, 2.05) is 32.0 Å². The maximum absolute atomic E-state index is 14.0. The first-order valence-electron chi connectivity index (χ1n) is 11.1. The molecule has 3 aromatic carbocycles. The normalized spacial score (nSPS) is 19.0. The predicted octanol–water partition coefficient (Wildman–Crippen LogP) is 4.38. The summed E-state index contributed by atoms with van der Waals surface area (Å²) in [6, 6.07) is 18.0. The topological polar surface area (TPSA) is 44.4 Å². The lowest BCUT2D eigenvalue weighted by Gasteiger charge is -2.25. The van der Waals surface area contributed by atoms with Crippen LogP contribution in [-0.4, -0.2) is 35.5 Å². The van der Waals surface area contributed by atoms with Crippen LogP contribution in [0, 0.1) is 11.6 Å². The second kappa shape index (κ2) is 9.76.